The summed E-state index contributed by atoms with van der Waals surface area (Å²) in [6.45, 7) is 1.98. The normalized spacial score (nSPS) is 17.0. The first kappa shape index (κ1) is 13.0. The molecule has 96 valence electrons. The summed E-state index contributed by atoms with van der Waals surface area (Å²) < 4.78 is 0. The Kier molecular flexibility index (Phi) is 3.93. The van der Waals surface area contributed by atoms with Crippen molar-refractivity contribution in [3.05, 3.63) is 55.9 Å². The first-order valence-electron chi connectivity index (χ1n) is 5.34. The third kappa shape index (κ3) is 3.05. The summed E-state index contributed by atoms with van der Waals surface area (Å²) in [6.07, 6.45) is 0.977. The number of hydrogen-bond acceptors (Lipinski definition) is 4. The fourth-order valence-electron chi connectivity index (χ4n) is 1.80. The average Bonchev–Trinajstić information content (AvgIpc) is 2.70. The molecule has 0 bridgehead atoms. The molecule has 2 rings (SSSR count). The molecular weight excluding hydrogens is 277 g/mol. The van der Waals surface area contributed by atoms with Gasteiger partial charge in [-0.05, 0) is 17.7 Å². The summed E-state index contributed by atoms with van der Waals surface area (Å²) in [5, 5.41) is 14.4. The van der Waals surface area contributed by atoms with Crippen LogP contribution in [0.3, 0.4) is 0 Å². The molecule has 18 heavy (non-hydrogen) atoms. The highest BCUT2D eigenvalue weighted by atomic mass is 35.5. The van der Waals surface area contributed by atoms with Crippen molar-refractivity contribution in [2.45, 2.75) is 6.54 Å². The van der Waals surface area contributed by atoms with E-state index in [1.807, 2.05) is 11.0 Å². The molecule has 0 amide bonds. The molecule has 0 radical (unpaired) electrons. The molecule has 1 heterocycles. The molecule has 0 aliphatic carbocycles. The van der Waals surface area contributed by atoms with Crippen LogP contribution >= 0.6 is 23.2 Å². The first-order chi connectivity index (χ1) is 8.56. The van der Waals surface area contributed by atoms with E-state index in [-0.39, 0.29) is 0 Å². The van der Waals surface area contributed by atoms with Gasteiger partial charge in [-0.2, -0.15) is 0 Å². The molecule has 1 N–H and O–H groups in total. The van der Waals surface area contributed by atoms with E-state index in [1.54, 1.807) is 12.1 Å². The number of halogens is 2. The van der Waals surface area contributed by atoms with Crippen LogP contribution in [0, 0.1) is 10.1 Å². The van der Waals surface area contributed by atoms with Crippen molar-refractivity contribution < 1.29 is 4.92 Å². The topological polar surface area (TPSA) is 58.4 Å². The predicted octanol–water partition coefficient (Wildman–Crippen LogP) is 2.47. The standard InChI is InChI=1S/C11H11Cl2N3O2/c12-9-2-1-8(5-10(9)13)6-15-4-3-14-11(15)7-16(17)18/h1-2,5,7,14H,3-4,6H2/b11-7+. The van der Waals surface area contributed by atoms with Gasteiger partial charge in [0.15, 0.2) is 5.82 Å². The number of nitrogens with one attached hydrogen (secondary N) is 1. The summed E-state index contributed by atoms with van der Waals surface area (Å²) in [4.78, 5) is 11.9. The van der Waals surface area contributed by atoms with Crippen molar-refractivity contribution in [1.82, 2.24) is 10.2 Å². The van der Waals surface area contributed by atoms with Crippen LogP contribution in [0.25, 0.3) is 0 Å². The monoisotopic (exact) mass is 287 g/mol. The average molecular weight is 288 g/mol. The summed E-state index contributed by atoms with van der Waals surface area (Å²) in [5.74, 6) is 0.520. The van der Waals surface area contributed by atoms with Gasteiger partial charge in [-0.25, -0.2) is 0 Å². The van der Waals surface area contributed by atoms with Crippen molar-refractivity contribution in [1.29, 1.82) is 0 Å². The molecule has 7 heteroatoms. The van der Waals surface area contributed by atoms with Gasteiger partial charge < -0.3 is 10.2 Å². The quantitative estimate of drug-likeness (QED) is 0.685. The van der Waals surface area contributed by atoms with Crippen molar-refractivity contribution in [3.8, 4) is 0 Å². The summed E-state index contributed by atoms with van der Waals surface area (Å²) in [5.41, 5.74) is 0.961. The number of nitro groups is 1. The van der Waals surface area contributed by atoms with Crippen LogP contribution < -0.4 is 5.32 Å². The molecule has 1 fully saturated rings. The van der Waals surface area contributed by atoms with Crippen LogP contribution in [0.5, 0.6) is 0 Å². The van der Waals surface area contributed by atoms with Gasteiger partial charge in [0.1, 0.15) is 0 Å². The summed E-state index contributed by atoms with van der Waals surface area (Å²) >= 11 is 11.8. The SMILES string of the molecule is O=[N+]([O-])/C=C1\NCCN1Cc1ccc(Cl)c(Cl)c1. The smallest absolute Gasteiger partial charge is 0.274 e. The molecule has 1 aromatic rings. The van der Waals surface area contributed by atoms with Gasteiger partial charge in [-0.15, -0.1) is 0 Å². The third-order valence-corrected chi connectivity index (χ3v) is 3.35. The van der Waals surface area contributed by atoms with Gasteiger partial charge in [0.25, 0.3) is 6.20 Å². The van der Waals surface area contributed by atoms with Gasteiger partial charge in [-0.1, -0.05) is 29.3 Å². The van der Waals surface area contributed by atoms with Crippen molar-refractivity contribution in [2.75, 3.05) is 13.1 Å². The highest BCUT2D eigenvalue weighted by Crippen LogP contribution is 2.24. The Hall–Kier alpha value is -1.46. The summed E-state index contributed by atoms with van der Waals surface area (Å²) in [7, 11) is 0. The molecule has 1 aliphatic rings. The second kappa shape index (κ2) is 5.46. The van der Waals surface area contributed by atoms with Crippen LogP contribution in [-0.2, 0) is 6.54 Å². The van der Waals surface area contributed by atoms with Gasteiger partial charge >= 0.3 is 0 Å². The van der Waals surface area contributed by atoms with Gasteiger partial charge in [0.05, 0.1) is 15.0 Å². The van der Waals surface area contributed by atoms with Crippen LogP contribution in [0.4, 0.5) is 0 Å². The lowest BCUT2D eigenvalue weighted by atomic mass is 10.2. The number of benzene rings is 1. The van der Waals surface area contributed by atoms with E-state index in [0.717, 1.165) is 18.3 Å². The Morgan fingerprint density at radius 2 is 2.22 bits per heavy atom. The van der Waals surface area contributed by atoms with Gasteiger partial charge in [0, 0.05) is 19.6 Å². The van der Waals surface area contributed by atoms with Crippen LogP contribution in [-0.4, -0.2) is 22.9 Å². The second-order valence-corrected chi connectivity index (χ2v) is 4.71. The van der Waals surface area contributed by atoms with Gasteiger partial charge in [-0.3, -0.25) is 10.1 Å². The van der Waals surface area contributed by atoms with E-state index >= 15 is 0 Å². The van der Waals surface area contributed by atoms with Gasteiger partial charge in [0.2, 0.25) is 0 Å². The van der Waals surface area contributed by atoms with E-state index in [4.69, 9.17) is 23.2 Å². The van der Waals surface area contributed by atoms with E-state index in [2.05, 4.69) is 5.32 Å². The minimum absolute atomic E-state index is 0.463. The lowest BCUT2D eigenvalue weighted by Crippen LogP contribution is -2.20. The molecular formula is C11H11Cl2N3O2. The highest BCUT2D eigenvalue weighted by molar-refractivity contribution is 6.42. The van der Waals surface area contributed by atoms with Crippen molar-refractivity contribution in [2.24, 2.45) is 0 Å². The number of nitrogens with zero attached hydrogens (tertiary/aromatic N) is 2. The maximum atomic E-state index is 10.5. The molecule has 1 saturated heterocycles. The Morgan fingerprint density at radius 1 is 1.44 bits per heavy atom. The summed E-state index contributed by atoms with van der Waals surface area (Å²) in [6, 6.07) is 5.35. The molecule has 0 atom stereocenters. The maximum absolute atomic E-state index is 10.5. The van der Waals surface area contributed by atoms with Crippen LogP contribution in [0.1, 0.15) is 5.56 Å². The zero-order valence-corrected chi connectivity index (χ0v) is 10.9. The largest absolute Gasteiger partial charge is 0.365 e. The zero-order valence-electron chi connectivity index (χ0n) is 9.40. The highest BCUT2D eigenvalue weighted by Gasteiger charge is 2.19. The fourth-order valence-corrected chi connectivity index (χ4v) is 2.12. The lowest BCUT2D eigenvalue weighted by Gasteiger charge is -2.17. The minimum Gasteiger partial charge on any atom is -0.365 e. The molecule has 1 aliphatic heterocycles. The van der Waals surface area contributed by atoms with E-state index < -0.39 is 4.92 Å². The van der Waals surface area contributed by atoms with E-state index in [9.17, 15) is 10.1 Å². The zero-order chi connectivity index (χ0) is 13.1. The molecule has 0 aromatic heterocycles. The Bertz CT molecular complexity index is 505. The molecule has 0 unspecified atom stereocenters. The third-order valence-electron chi connectivity index (χ3n) is 2.61. The second-order valence-electron chi connectivity index (χ2n) is 3.90. The van der Waals surface area contributed by atoms with Crippen molar-refractivity contribution >= 4 is 23.2 Å². The fraction of sp³-hybridized carbons (Fsp3) is 0.273. The maximum Gasteiger partial charge on any atom is 0.274 e. The minimum atomic E-state index is -0.463. The Morgan fingerprint density at radius 3 is 2.89 bits per heavy atom. The van der Waals surface area contributed by atoms with Crippen LogP contribution in [0.2, 0.25) is 10.0 Å². The van der Waals surface area contributed by atoms with E-state index in [0.29, 0.717) is 29.0 Å². The first-order valence-corrected chi connectivity index (χ1v) is 6.10. The molecule has 1 aromatic carbocycles. The number of hydrogen-bond donors (Lipinski definition) is 1. The van der Waals surface area contributed by atoms with E-state index in [1.165, 1.54) is 0 Å². The molecule has 0 saturated carbocycles. The lowest BCUT2D eigenvalue weighted by molar-refractivity contribution is -0.404. The van der Waals surface area contributed by atoms with Crippen LogP contribution in [0.15, 0.2) is 30.2 Å². The molecule has 0 spiro atoms. The van der Waals surface area contributed by atoms with Crippen molar-refractivity contribution in [3.63, 3.8) is 0 Å². The predicted molar refractivity (Wildman–Crippen MR) is 70.0 cm³/mol. The Labute approximate surface area is 114 Å². The Balaban J connectivity index is 2.13. The number of rotatable bonds is 3. The molecule has 5 nitrogen and oxygen atoms in total.